The van der Waals surface area contributed by atoms with Gasteiger partial charge in [-0.1, -0.05) is 175 Å². The van der Waals surface area contributed by atoms with Crippen LogP contribution in [0.25, 0.3) is 98.4 Å². The number of anilines is 3. The second-order valence-corrected chi connectivity index (χ2v) is 18.5. The topological polar surface area (TPSA) is 3.24 Å². The summed E-state index contributed by atoms with van der Waals surface area (Å²) in [6.07, 6.45) is 0. The van der Waals surface area contributed by atoms with Gasteiger partial charge in [-0.2, -0.15) is 0 Å². The molecule has 0 N–H and O–H groups in total. The summed E-state index contributed by atoms with van der Waals surface area (Å²) in [5.41, 5.74) is 19.7. The molecule has 0 aliphatic rings. The summed E-state index contributed by atoms with van der Waals surface area (Å²) in [5.74, 6) is 0. The van der Waals surface area contributed by atoms with Gasteiger partial charge in [0.1, 0.15) is 0 Å². The van der Waals surface area contributed by atoms with E-state index in [0.29, 0.717) is 0 Å². The maximum Gasteiger partial charge on any atom is 0.0462 e. The van der Waals surface area contributed by atoms with Gasteiger partial charge in [0, 0.05) is 17.1 Å². The Bertz CT molecular complexity index is 3700. The molecule has 1 nitrogen and oxygen atoms in total. The highest BCUT2D eigenvalue weighted by Crippen LogP contribution is 2.46. The van der Waals surface area contributed by atoms with Crippen LogP contribution in [0.4, 0.5) is 17.1 Å². The standard InChI is InChI=1S/C65H49N/c1-40-14-26-52(27-15-40)66(53-28-16-41(2)17-29-53)54-30-22-47(23-31-54)63-56-10-6-8-12-58(56)64(59-13-9-7-11-57(59)63)51-37-43(4)36-50(39-51)45-18-20-46(21-19-45)61-38-44(5)55-32-24-48-34-42(3)35-49-25-33-60(61)65(55)62(48)49/h6-39H,1-5H3. The zero-order chi connectivity index (χ0) is 44.6. The van der Waals surface area contributed by atoms with Gasteiger partial charge in [-0.25, -0.2) is 0 Å². The van der Waals surface area contributed by atoms with E-state index in [1.165, 1.54) is 126 Å². The molecule has 0 heterocycles. The highest BCUT2D eigenvalue weighted by atomic mass is 15.1. The summed E-state index contributed by atoms with van der Waals surface area (Å²) in [6, 6.07) is 77.3. The molecule has 0 amide bonds. The first-order chi connectivity index (χ1) is 32.3. The van der Waals surface area contributed by atoms with E-state index in [2.05, 4.69) is 246 Å². The highest BCUT2D eigenvalue weighted by molar-refractivity contribution is 6.26. The lowest BCUT2D eigenvalue weighted by Gasteiger charge is -2.26. The normalized spacial score (nSPS) is 11.7. The minimum absolute atomic E-state index is 1.12. The van der Waals surface area contributed by atoms with Crippen molar-refractivity contribution in [2.75, 3.05) is 4.90 Å². The molecule has 0 saturated carbocycles. The molecule has 314 valence electrons. The average Bonchev–Trinajstić information content (AvgIpc) is 3.34. The van der Waals surface area contributed by atoms with E-state index in [9.17, 15) is 0 Å². The third-order valence-corrected chi connectivity index (χ3v) is 13.9. The van der Waals surface area contributed by atoms with Gasteiger partial charge in [-0.3, -0.25) is 0 Å². The van der Waals surface area contributed by atoms with Crippen molar-refractivity contribution in [2.24, 2.45) is 0 Å². The SMILES string of the molecule is Cc1ccc(N(c2ccc(C)cc2)c2ccc(-c3c4ccccc4c(-c4cc(C)cc(-c5ccc(-c6cc(C)c7ccc8cc(C)cc9ccc6c7c89)cc5)c4)c4ccccc34)cc2)cc1. The Kier molecular flexibility index (Phi) is 9.36. The molecular weight excluding hydrogens is 795 g/mol. The molecule has 0 atom stereocenters. The van der Waals surface area contributed by atoms with Crippen LogP contribution in [-0.4, -0.2) is 0 Å². The molecule has 0 aromatic heterocycles. The lowest BCUT2D eigenvalue weighted by Crippen LogP contribution is -2.09. The fourth-order valence-electron chi connectivity index (χ4n) is 10.8. The molecular formula is C65H49N. The Labute approximate surface area is 387 Å². The molecule has 12 aromatic rings. The fourth-order valence-corrected chi connectivity index (χ4v) is 10.8. The molecule has 0 saturated heterocycles. The molecule has 12 rings (SSSR count). The molecule has 0 radical (unpaired) electrons. The van der Waals surface area contributed by atoms with Crippen LogP contribution in [0.3, 0.4) is 0 Å². The number of hydrogen-bond donors (Lipinski definition) is 0. The predicted molar refractivity (Wildman–Crippen MR) is 285 cm³/mol. The Balaban J connectivity index is 0.948. The van der Waals surface area contributed by atoms with Crippen molar-refractivity contribution in [3.05, 3.63) is 234 Å². The van der Waals surface area contributed by atoms with Crippen LogP contribution in [-0.2, 0) is 0 Å². The minimum Gasteiger partial charge on any atom is -0.311 e. The maximum atomic E-state index is 2.40. The smallest absolute Gasteiger partial charge is 0.0462 e. The second-order valence-electron chi connectivity index (χ2n) is 18.5. The van der Waals surface area contributed by atoms with Crippen LogP contribution in [0.5, 0.6) is 0 Å². The van der Waals surface area contributed by atoms with Gasteiger partial charge >= 0.3 is 0 Å². The molecule has 0 unspecified atom stereocenters. The summed E-state index contributed by atoms with van der Waals surface area (Å²) >= 11 is 0. The number of hydrogen-bond acceptors (Lipinski definition) is 1. The zero-order valence-corrected chi connectivity index (χ0v) is 38.1. The summed E-state index contributed by atoms with van der Waals surface area (Å²) < 4.78 is 0. The molecule has 0 aliphatic heterocycles. The van der Waals surface area contributed by atoms with Crippen LogP contribution in [0.2, 0.25) is 0 Å². The number of benzene rings is 12. The number of rotatable bonds is 7. The molecule has 0 fully saturated rings. The summed E-state index contributed by atoms with van der Waals surface area (Å²) in [6.45, 7) is 11.0. The van der Waals surface area contributed by atoms with Gasteiger partial charge < -0.3 is 4.90 Å². The number of fused-ring (bicyclic) bond motifs is 2. The first-order valence-corrected chi connectivity index (χ1v) is 23.1. The van der Waals surface area contributed by atoms with Crippen molar-refractivity contribution >= 4 is 70.9 Å². The number of aryl methyl sites for hydroxylation is 5. The van der Waals surface area contributed by atoms with Crippen molar-refractivity contribution in [2.45, 2.75) is 34.6 Å². The maximum absolute atomic E-state index is 2.40. The van der Waals surface area contributed by atoms with Crippen molar-refractivity contribution < 1.29 is 0 Å². The van der Waals surface area contributed by atoms with E-state index in [0.717, 1.165) is 17.1 Å². The average molecular weight is 844 g/mol. The first-order valence-electron chi connectivity index (χ1n) is 23.1. The highest BCUT2D eigenvalue weighted by Gasteiger charge is 2.20. The van der Waals surface area contributed by atoms with Gasteiger partial charge in [-0.05, 0) is 192 Å². The first kappa shape index (κ1) is 39.6. The fraction of sp³-hybridized carbons (Fsp3) is 0.0769. The molecule has 66 heavy (non-hydrogen) atoms. The van der Waals surface area contributed by atoms with Crippen LogP contribution in [0.1, 0.15) is 27.8 Å². The van der Waals surface area contributed by atoms with Crippen LogP contribution in [0.15, 0.2) is 206 Å². The summed E-state index contributed by atoms with van der Waals surface area (Å²) in [4.78, 5) is 2.35. The van der Waals surface area contributed by atoms with Crippen LogP contribution >= 0.6 is 0 Å². The number of nitrogens with zero attached hydrogens (tertiary/aromatic N) is 1. The van der Waals surface area contributed by atoms with Gasteiger partial charge in [-0.15, -0.1) is 0 Å². The summed E-state index contributed by atoms with van der Waals surface area (Å²) in [7, 11) is 0. The lowest BCUT2D eigenvalue weighted by molar-refractivity contribution is 1.27. The van der Waals surface area contributed by atoms with Crippen LogP contribution in [0, 0.1) is 34.6 Å². The Morgan fingerprint density at radius 1 is 0.273 bits per heavy atom. The Morgan fingerprint density at radius 3 is 1.26 bits per heavy atom. The predicted octanol–water partition coefficient (Wildman–Crippen LogP) is 18.6. The van der Waals surface area contributed by atoms with E-state index in [4.69, 9.17) is 0 Å². The van der Waals surface area contributed by atoms with E-state index in [-0.39, 0.29) is 0 Å². The third kappa shape index (κ3) is 6.62. The largest absolute Gasteiger partial charge is 0.311 e. The lowest BCUT2D eigenvalue weighted by atomic mass is 9.84. The van der Waals surface area contributed by atoms with E-state index in [1.807, 2.05) is 0 Å². The Hall–Kier alpha value is -8.00. The molecule has 0 aliphatic carbocycles. The Morgan fingerprint density at radius 2 is 0.712 bits per heavy atom. The third-order valence-electron chi connectivity index (χ3n) is 13.9. The van der Waals surface area contributed by atoms with E-state index in [1.54, 1.807) is 0 Å². The van der Waals surface area contributed by atoms with E-state index >= 15 is 0 Å². The van der Waals surface area contributed by atoms with Crippen molar-refractivity contribution in [1.82, 2.24) is 0 Å². The summed E-state index contributed by atoms with van der Waals surface area (Å²) in [5, 5.41) is 13.0. The monoisotopic (exact) mass is 843 g/mol. The minimum atomic E-state index is 1.12. The van der Waals surface area contributed by atoms with Crippen molar-refractivity contribution in [3.63, 3.8) is 0 Å². The zero-order valence-electron chi connectivity index (χ0n) is 38.1. The van der Waals surface area contributed by atoms with Gasteiger partial charge in [0.15, 0.2) is 0 Å². The molecule has 12 aromatic carbocycles. The van der Waals surface area contributed by atoms with Gasteiger partial charge in [0.05, 0.1) is 0 Å². The second kappa shape index (κ2) is 15.6. The van der Waals surface area contributed by atoms with Gasteiger partial charge in [0.25, 0.3) is 0 Å². The van der Waals surface area contributed by atoms with Crippen molar-refractivity contribution in [3.8, 4) is 44.5 Å². The molecule has 0 bridgehead atoms. The van der Waals surface area contributed by atoms with Gasteiger partial charge in [0.2, 0.25) is 0 Å². The van der Waals surface area contributed by atoms with Crippen LogP contribution < -0.4 is 4.90 Å². The quantitative estimate of drug-likeness (QED) is 0.114. The molecule has 1 heteroatoms. The van der Waals surface area contributed by atoms with Crippen molar-refractivity contribution in [1.29, 1.82) is 0 Å². The molecule has 0 spiro atoms. The van der Waals surface area contributed by atoms with E-state index < -0.39 is 0 Å².